The van der Waals surface area contributed by atoms with Crippen LogP contribution in [0.3, 0.4) is 0 Å². The molecule has 1 amide bonds. The summed E-state index contributed by atoms with van der Waals surface area (Å²) >= 11 is 0. The van der Waals surface area contributed by atoms with Crippen LogP contribution in [0.2, 0.25) is 0 Å². The van der Waals surface area contributed by atoms with Crippen molar-refractivity contribution >= 4 is 16.7 Å². The van der Waals surface area contributed by atoms with Crippen LogP contribution in [0.25, 0.3) is 10.8 Å². The monoisotopic (exact) mass is 374 g/mol. The number of halogens is 3. The quantitative estimate of drug-likeness (QED) is 0.753. The number of hydrogen-bond acceptors (Lipinski definition) is 2. The number of alkyl halides is 3. The van der Waals surface area contributed by atoms with Crippen LogP contribution in [0.4, 0.5) is 13.2 Å². The van der Waals surface area contributed by atoms with Crippen LogP contribution < -0.4 is 10.9 Å². The molecule has 0 aliphatic rings. The largest absolute Gasteiger partial charge is 0.416 e. The lowest BCUT2D eigenvalue weighted by molar-refractivity contribution is -0.137. The smallest absolute Gasteiger partial charge is 0.350 e. The van der Waals surface area contributed by atoms with Gasteiger partial charge in [-0.25, -0.2) is 0 Å². The summed E-state index contributed by atoms with van der Waals surface area (Å²) in [5.74, 6) is -0.454. The van der Waals surface area contributed by atoms with Gasteiger partial charge in [-0.3, -0.25) is 9.59 Å². The average molecular weight is 374 g/mol. The zero-order valence-electron chi connectivity index (χ0n) is 14.5. The molecule has 0 saturated carbocycles. The fraction of sp³-hybridized carbons (Fsp3) is 0.200. The molecule has 0 radical (unpaired) electrons. The Hall–Kier alpha value is -3.09. The summed E-state index contributed by atoms with van der Waals surface area (Å²) in [6.45, 7) is 1.51. The maximum Gasteiger partial charge on any atom is 0.416 e. The van der Waals surface area contributed by atoms with Gasteiger partial charge in [0.25, 0.3) is 5.56 Å². The number of aromatic nitrogens is 1. The molecule has 140 valence electrons. The molecule has 1 atom stereocenters. The third-order valence-electron chi connectivity index (χ3n) is 4.36. The van der Waals surface area contributed by atoms with Crippen molar-refractivity contribution in [3.8, 4) is 0 Å². The third kappa shape index (κ3) is 4.02. The normalized spacial score (nSPS) is 12.7. The zero-order chi connectivity index (χ0) is 19.6. The van der Waals surface area contributed by atoms with Crippen molar-refractivity contribution in [2.75, 3.05) is 0 Å². The van der Waals surface area contributed by atoms with E-state index in [2.05, 4.69) is 5.32 Å². The SMILES string of the molecule is C[C@H](C(=O)NCc1cccc(C(F)(F)F)c1)n1ccc2ccccc2c1=O. The van der Waals surface area contributed by atoms with Crippen LogP contribution in [0.5, 0.6) is 0 Å². The minimum absolute atomic E-state index is 0.0601. The van der Waals surface area contributed by atoms with Gasteiger partial charge in [-0.2, -0.15) is 13.2 Å². The van der Waals surface area contributed by atoms with E-state index >= 15 is 0 Å². The van der Waals surface area contributed by atoms with Gasteiger partial charge in [0.15, 0.2) is 0 Å². The lowest BCUT2D eigenvalue weighted by atomic mass is 10.1. The summed E-state index contributed by atoms with van der Waals surface area (Å²) in [7, 11) is 0. The standard InChI is InChI=1S/C20H17F3N2O2/c1-13(25-10-9-15-6-2-3-8-17(15)19(25)27)18(26)24-12-14-5-4-7-16(11-14)20(21,22)23/h2-11,13H,12H2,1H3,(H,24,26)/t13-/m1/s1. The minimum atomic E-state index is -4.44. The number of pyridine rings is 1. The molecule has 1 heterocycles. The van der Waals surface area contributed by atoms with Gasteiger partial charge < -0.3 is 9.88 Å². The highest BCUT2D eigenvalue weighted by molar-refractivity contribution is 5.83. The topological polar surface area (TPSA) is 51.1 Å². The molecule has 0 fully saturated rings. The van der Waals surface area contributed by atoms with Gasteiger partial charge in [0.05, 0.1) is 5.56 Å². The zero-order valence-corrected chi connectivity index (χ0v) is 14.5. The van der Waals surface area contributed by atoms with Gasteiger partial charge in [0.2, 0.25) is 5.91 Å². The van der Waals surface area contributed by atoms with Crippen LogP contribution in [0.15, 0.2) is 65.6 Å². The number of rotatable bonds is 4. The molecule has 2 aromatic carbocycles. The molecular weight excluding hydrogens is 357 g/mol. The lowest BCUT2D eigenvalue weighted by Crippen LogP contribution is -2.35. The molecule has 0 spiro atoms. The van der Waals surface area contributed by atoms with Crippen LogP contribution in [-0.4, -0.2) is 10.5 Å². The molecular formula is C20H17F3N2O2. The van der Waals surface area contributed by atoms with E-state index in [9.17, 15) is 22.8 Å². The van der Waals surface area contributed by atoms with E-state index in [1.165, 1.54) is 16.7 Å². The summed E-state index contributed by atoms with van der Waals surface area (Å²) < 4.78 is 39.6. The fourth-order valence-corrected chi connectivity index (χ4v) is 2.83. The number of benzene rings is 2. The summed E-state index contributed by atoms with van der Waals surface area (Å²) in [4.78, 5) is 25.0. The molecule has 0 aliphatic heterocycles. The molecule has 0 bridgehead atoms. The average Bonchev–Trinajstić information content (AvgIpc) is 2.65. The van der Waals surface area contributed by atoms with E-state index in [1.54, 1.807) is 37.4 Å². The van der Waals surface area contributed by atoms with Gasteiger partial charge in [-0.15, -0.1) is 0 Å². The highest BCUT2D eigenvalue weighted by Gasteiger charge is 2.30. The van der Waals surface area contributed by atoms with E-state index in [0.717, 1.165) is 17.5 Å². The molecule has 3 rings (SSSR count). The van der Waals surface area contributed by atoms with Crippen LogP contribution >= 0.6 is 0 Å². The van der Waals surface area contributed by atoms with Gasteiger partial charge in [0, 0.05) is 18.1 Å². The molecule has 4 nitrogen and oxygen atoms in total. The summed E-state index contributed by atoms with van der Waals surface area (Å²) in [5, 5.41) is 3.86. The molecule has 0 aliphatic carbocycles. The fourth-order valence-electron chi connectivity index (χ4n) is 2.83. The maximum absolute atomic E-state index is 12.8. The second kappa shape index (κ2) is 7.26. The lowest BCUT2D eigenvalue weighted by Gasteiger charge is -2.16. The Morgan fingerprint density at radius 2 is 1.85 bits per heavy atom. The van der Waals surface area contributed by atoms with Crippen molar-refractivity contribution in [2.24, 2.45) is 0 Å². The number of carbonyl (C=O) groups is 1. The Kier molecular flexibility index (Phi) is 5.03. The summed E-state index contributed by atoms with van der Waals surface area (Å²) in [6.07, 6.45) is -2.90. The van der Waals surface area contributed by atoms with Crippen molar-refractivity contribution in [1.82, 2.24) is 9.88 Å². The van der Waals surface area contributed by atoms with E-state index < -0.39 is 23.7 Å². The highest BCUT2D eigenvalue weighted by atomic mass is 19.4. The highest BCUT2D eigenvalue weighted by Crippen LogP contribution is 2.29. The Morgan fingerprint density at radius 3 is 2.59 bits per heavy atom. The number of carbonyl (C=O) groups excluding carboxylic acids is 1. The molecule has 27 heavy (non-hydrogen) atoms. The maximum atomic E-state index is 12.8. The third-order valence-corrected chi connectivity index (χ3v) is 4.36. The van der Waals surface area contributed by atoms with Crippen molar-refractivity contribution in [3.05, 3.63) is 82.3 Å². The Morgan fingerprint density at radius 1 is 1.11 bits per heavy atom. The van der Waals surface area contributed by atoms with Crippen LogP contribution in [-0.2, 0) is 17.5 Å². The number of nitrogens with one attached hydrogen (secondary N) is 1. The predicted octanol–water partition coefficient (Wildman–Crippen LogP) is 3.90. The molecule has 1 aromatic heterocycles. The van der Waals surface area contributed by atoms with Gasteiger partial charge in [0.1, 0.15) is 6.04 Å². The number of amides is 1. The van der Waals surface area contributed by atoms with Crippen LogP contribution in [0, 0.1) is 0 Å². The van der Waals surface area contributed by atoms with E-state index in [4.69, 9.17) is 0 Å². The Bertz CT molecular complexity index is 1040. The molecule has 3 aromatic rings. The van der Waals surface area contributed by atoms with Crippen LogP contribution in [0.1, 0.15) is 24.1 Å². The first-order valence-corrected chi connectivity index (χ1v) is 8.31. The molecule has 1 N–H and O–H groups in total. The second-order valence-electron chi connectivity index (χ2n) is 6.21. The van der Waals surface area contributed by atoms with Crippen molar-refractivity contribution < 1.29 is 18.0 Å². The number of nitrogens with zero attached hydrogens (tertiary/aromatic N) is 1. The molecule has 0 saturated heterocycles. The number of hydrogen-bond donors (Lipinski definition) is 1. The Balaban J connectivity index is 1.75. The van der Waals surface area contributed by atoms with E-state index in [0.29, 0.717) is 10.9 Å². The first-order valence-electron chi connectivity index (χ1n) is 8.31. The van der Waals surface area contributed by atoms with Crippen molar-refractivity contribution in [2.45, 2.75) is 25.7 Å². The van der Waals surface area contributed by atoms with E-state index in [1.807, 2.05) is 6.07 Å². The number of fused-ring (bicyclic) bond motifs is 1. The van der Waals surface area contributed by atoms with Gasteiger partial charge in [-0.1, -0.05) is 30.3 Å². The minimum Gasteiger partial charge on any atom is -0.350 e. The summed E-state index contributed by atoms with van der Waals surface area (Å²) in [5.41, 5.74) is -0.737. The first kappa shape index (κ1) is 18.7. The predicted molar refractivity (Wildman–Crippen MR) is 96.2 cm³/mol. The first-order chi connectivity index (χ1) is 12.8. The summed E-state index contributed by atoms with van der Waals surface area (Å²) in [6, 6.07) is 12.8. The molecule has 7 heteroatoms. The van der Waals surface area contributed by atoms with Gasteiger partial charge in [-0.05, 0) is 42.1 Å². The molecule has 0 unspecified atom stereocenters. The van der Waals surface area contributed by atoms with Crippen molar-refractivity contribution in [1.29, 1.82) is 0 Å². The van der Waals surface area contributed by atoms with Gasteiger partial charge >= 0.3 is 6.18 Å². The second-order valence-corrected chi connectivity index (χ2v) is 6.21. The Labute approximate surface area is 153 Å². The van der Waals surface area contributed by atoms with E-state index in [-0.39, 0.29) is 12.1 Å². The van der Waals surface area contributed by atoms with Crippen molar-refractivity contribution in [3.63, 3.8) is 0 Å².